The third-order valence-corrected chi connectivity index (χ3v) is 7.90. The molecule has 3 heterocycles. The standard InChI is InChI=1S/C33H38N6O6S/c1-32(2,3)44-30(40)23-39(31(41)45-33(4,5)6)29-16-10-14-25(35-29)21-38(46(42,43)27-15-11-19-34-20-27)22-26-17-18-28(37-36-26)24-12-8-7-9-13-24/h7-20H,21-23H2,1-6H3. The number of hydrogen-bond acceptors (Lipinski definition) is 10. The van der Waals surface area contributed by atoms with Crippen LogP contribution in [0.25, 0.3) is 11.3 Å². The number of ether oxygens (including phenoxy) is 2. The zero-order valence-electron chi connectivity index (χ0n) is 26.7. The van der Waals surface area contributed by atoms with Gasteiger partial charge in [-0.25, -0.2) is 18.2 Å². The maximum Gasteiger partial charge on any atom is 0.416 e. The van der Waals surface area contributed by atoms with E-state index in [1.165, 1.54) is 34.9 Å². The molecule has 0 unspecified atom stereocenters. The van der Waals surface area contributed by atoms with Gasteiger partial charge in [-0.1, -0.05) is 36.4 Å². The minimum atomic E-state index is -4.09. The van der Waals surface area contributed by atoms with Crippen molar-refractivity contribution in [1.82, 2.24) is 24.5 Å². The van der Waals surface area contributed by atoms with Crippen molar-refractivity contribution in [2.45, 2.75) is 70.7 Å². The first kappa shape index (κ1) is 34.1. The Morgan fingerprint density at radius 2 is 1.46 bits per heavy atom. The van der Waals surface area contributed by atoms with Crippen LogP contribution in [0, 0.1) is 0 Å². The van der Waals surface area contributed by atoms with E-state index >= 15 is 0 Å². The summed E-state index contributed by atoms with van der Waals surface area (Å²) in [6.07, 6.45) is 1.94. The highest BCUT2D eigenvalue weighted by Gasteiger charge is 2.30. The van der Waals surface area contributed by atoms with Gasteiger partial charge in [0, 0.05) is 18.0 Å². The molecule has 46 heavy (non-hydrogen) atoms. The molecule has 242 valence electrons. The van der Waals surface area contributed by atoms with Crippen LogP contribution in [-0.4, -0.2) is 62.7 Å². The lowest BCUT2D eigenvalue weighted by Crippen LogP contribution is -2.42. The topological polar surface area (TPSA) is 145 Å². The molecular formula is C33H38N6O6S. The number of carbonyl (C=O) groups excluding carboxylic acids is 2. The zero-order valence-corrected chi connectivity index (χ0v) is 27.6. The van der Waals surface area contributed by atoms with E-state index in [0.717, 1.165) is 10.5 Å². The van der Waals surface area contributed by atoms with Gasteiger partial charge >= 0.3 is 12.1 Å². The maximum atomic E-state index is 13.9. The third-order valence-electron chi connectivity index (χ3n) is 6.13. The monoisotopic (exact) mass is 646 g/mol. The summed E-state index contributed by atoms with van der Waals surface area (Å²) < 4.78 is 39.9. The van der Waals surface area contributed by atoms with Crippen LogP contribution in [0.3, 0.4) is 0 Å². The number of nitrogens with zero attached hydrogens (tertiary/aromatic N) is 6. The fourth-order valence-electron chi connectivity index (χ4n) is 4.21. The molecule has 0 radical (unpaired) electrons. The summed E-state index contributed by atoms with van der Waals surface area (Å²) >= 11 is 0. The Morgan fingerprint density at radius 1 is 0.761 bits per heavy atom. The first-order chi connectivity index (χ1) is 21.6. The van der Waals surface area contributed by atoms with Crippen molar-refractivity contribution in [3.05, 3.63) is 96.6 Å². The largest absolute Gasteiger partial charge is 0.459 e. The summed E-state index contributed by atoms with van der Waals surface area (Å²) in [5.41, 5.74) is 0.595. The van der Waals surface area contributed by atoms with Gasteiger partial charge in [-0.3, -0.25) is 14.7 Å². The Morgan fingerprint density at radius 3 is 2.07 bits per heavy atom. The van der Waals surface area contributed by atoms with E-state index in [4.69, 9.17) is 9.47 Å². The summed E-state index contributed by atoms with van der Waals surface area (Å²) in [6, 6.07) is 20.8. The fraction of sp³-hybridized carbons (Fsp3) is 0.333. The number of pyridine rings is 2. The van der Waals surface area contributed by atoms with Crippen LogP contribution < -0.4 is 4.90 Å². The van der Waals surface area contributed by atoms with Crippen molar-refractivity contribution in [2.75, 3.05) is 11.4 Å². The first-order valence-corrected chi connectivity index (χ1v) is 16.0. The molecule has 4 aromatic rings. The van der Waals surface area contributed by atoms with E-state index in [0.29, 0.717) is 17.1 Å². The Labute approximate surface area is 269 Å². The molecule has 0 saturated carbocycles. The second-order valence-corrected chi connectivity index (χ2v) is 14.3. The van der Waals surface area contributed by atoms with Gasteiger partial charge in [-0.2, -0.15) is 14.5 Å². The normalized spacial score (nSPS) is 12.1. The lowest BCUT2D eigenvalue weighted by atomic mass is 10.1. The highest BCUT2D eigenvalue weighted by molar-refractivity contribution is 7.89. The van der Waals surface area contributed by atoms with Crippen LogP contribution in [0.5, 0.6) is 0 Å². The second kappa shape index (κ2) is 14.1. The van der Waals surface area contributed by atoms with Gasteiger partial charge in [-0.05, 0) is 77.9 Å². The van der Waals surface area contributed by atoms with Crippen molar-refractivity contribution in [3.63, 3.8) is 0 Å². The third kappa shape index (κ3) is 9.62. The maximum absolute atomic E-state index is 13.9. The van der Waals surface area contributed by atoms with Gasteiger partial charge in [-0.15, -0.1) is 0 Å². The summed E-state index contributed by atoms with van der Waals surface area (Å²) in [6.45, 7) is 9.49. The van der Waals surface area contributed by atoms with Crippen LogP contribution in [0.1, 0.15) is 52.9 Å². The highest BCUT2D eigenvalue weighted by Crippen LogP contribution is 2.23. The van der Waals surface area contributed by atoms with Gasteiger partial charge in [0.2, 0.25) is 10.0 Å². The molecule has 1 aromatic carbocycles. The molecule has 12 nitrogen and oxygen atoms in total. The molecule has 0 fully saturated rings. The number of aromatic nitrogens is 4. The molecule has 0 aliphatic rings. The molecule has 3 aromatic heterocycles. The molecular weight excluding hydrogens is 608 g/mol. The van der Waals surface area contributed by atoms with E-state index in [1.807, 2.05) is 30.3 Å². The Kier molecular flexibility index (Phi) is 10.5. The van der Waals surface area contributed by atoms with E-state index in [9.17, 15) is 18.0 Å². The molecule has 0 N–H and O–H groups in total. The quantitative estimate of drug-likeness (QED) is 0.205. The molecule has 0 atom stereocenters. The van der Waals surface area contributed by atoms with Gasteiger partial charge < -0.3 is 9.47 Å². The van der Waals surface area contributed by atoms with E-state index < -0.39 is 39.8 Å². The van der Waals surface area contributed by atoms with Gasteiger partial charge in [0.25, 0.3) is 0 Å². The molecule has 0 saturated heterocycles. The molecule has 0 aliphatic heterocycles. The van der Waals surface area contributed by atoms with E-state index in [2.05, 4.69) is 20.2 Å². The van der Waals surface area contributed by atoms with Crippen molar-refractivity contribution in [3.8, 4) is 11.3 Å². The summed E-state index contributed by atoms with van der Waals surface area (Å²) in [5, 5.41) is 8.60. The van der Waals surface area contributed by atoms with Gasteiger partial charge in [0.05, 0.1) is 30.2 Å². The van der Waals surface area contributed by atoms with Crippen molar-refractivity contribution in [2.24, 2.45) is 0 Å². The predicted molar refractivity (Wildman–Crippen MR) is 172 cm³/mol. The van der Waals surface area contributed by atoms with Crippen molar-refractivity contribution >= 4 is 27.9 Å². The molecule has 4 rings (SSSR count). The average Bonchev–Trinajstić information content (AvgIpc) is 2.99. The molecule has 0 aliphatic carbocycles. The van der Waals surface area contributed by atoms with Crippen LogP contribution >= 0.6 is 0 Å². The number of sulfonamides is 1. The Bertz CT molecular complexity index is 1740. The number of benzene rings is 1. The SMILES string of the molecule is CC(C)(C)OC(=O)CN(C(=O)OC(C)(C)C)c1cccc(CN(Cc2ccc(-c3ccccc3)nn2)S(=O)(=O)c2cccnc2)n1. The summed E-state index contributed by atoms with van der Waals surface area (Å²) in [7, 11) is -4.09. The molecule has 13 heteroatoms. The summed E-state index contributed by atoms with van der Waals surface area (Å²) in [5.74, 6) is -0.577. The van der Waals surface area contributed by atoms with Crippen LogP contribution in [0.2, 0.25) is 0 Å². The lowest BCUT2D eigenvalue weighted by molar-refractivity contribution is -0.153. The predicted octanol–water partition coefficient (Wildman–Crippen LogP) is 5.41. The van der Waals surface area contributed by atoms with E-state index in [1.54, 1.807) is 65.8 Å². The first-order valence-electron chi connectivity index (χ1n) is 14.6. The lowest BCUT2D eigenvalue weighted by Gasteiger charge is -2.28. The molecule has 0 bridgehead atoms. The van der Waals surface area contributed by atoms with Crippen molar-refractivity contribution in [1.29, 1.82) is 0 Å². The van der Waals surface area contributed by atoms with Crippen LogP contribution in [0.4, 0.5) is 10.6 Å². The second-order valence-electron chi connectivity index (χ2n) is 12.4. The zero-order chi connectivity index (χ0) is 33.5. The minimum absolute atomic E-state index is 0.0136. The average molecular weight is 647 g/mol. The Hall–Kier alpha value is -4.75. The number of carbonyl (C=O) groups is 2. The number of esters is 1. The van der Waals surface area contributed by atoms with Crippen molar-refractivity contribution < 1.29 is 27.5 Å². The number of rotatable bonds is 10. The fourth-order valence-corrected chi connectivity index (χ4v) is 5.55. The number of amides is 1. The number of hydrogen-bond donors (Lipinski definition) is 0. The van der Waals surface area contributed by atoms with Gasteiger partial charge in [0.1, 0.15) is 28.5 Å². The number of anilines is 1. The smallest absolute Gasteiger partial charge is 0.416 e. The summed E-state index contributed by atoms with van der Waals surface area (Å²) in [4.78, 5) is 35.6. The minimum Gasteiger partial charge on any atom is -0.459 e. The molecule has 1 amide bonds. The molecule has 0 spiro atoms. The van der Waals surface area contributed by atoms with Crippen LogP contribution in [-0.2, 0) is 37.4 Å². The highest BCUT2D eigenvalue weighted by atomic mass is 32.2. The van der Waals surface area contributed by atoms with E-state index in [-0.39, 0.29) is 23.8 Å². The van der Waals surface area contributed by atoms with Crippen LogP contribution in [0.15, 0.2) is 90.1 Å². The Balaban J connectivity index is 1.67. The van der Waals surface area contributed by atoms with Gasteiger partial charge in [0.15, 0.2) is 0 Å².